The van der Waals surface area contributed by atoms with Gasteiger partial charge in [0.05, 0.1) is 10.5 Å². The van der Waals surface area contributed by atoms with Crippen molar-refractivity contribution in [3.05, 3.63) is 53.7 Å². The standard InChI is InChI=1S/C16H16N4O3S/c1-24(22,23)14-6-4-12(5-7-14)16(21)20-10-9-19-15-13(11-17)3-2-8-18-15/h2-8H,9-10H2,1H3,(H,18,19)(H,20,21). The molecule has 0 bridgehead atoms. The molecule has 2 aromatic rings. The first-order valence-electron chi connectivity index (χ1n) is 7.09. The molecule has 1 heterocycles. The molecule has 0 aliphatic rings. The van der Waals surface area contributed by atoms with Gasteiger partial charge in [0.25, 0.3) is 5.91 Å². The Morgan fingerprint density at radius 1 is 1.21 bits per heavy atom. The summed E-state index contributed by atoms with van der Waals surface area (Å²) in [4.78, 5) is 16.2. The van der Waals surface area contributed by atoms with Gasteiger partial charge in [0.1, 0.15) is 11.9 Å². The normalized spacial score (nSPS) is 10.7. The lowest BCUT2D eigenvalue weighted by Gasteiger charge is -2.08. The van der Waals surface area contributed by atoms with Crippen molar-refractivity contribution >= 4 is 21.6 Å². The second kappa shape index (κ2) is 7.57. The van der Waals surface area contributed by atoms with Crippen molar-refractivity contribution in [1.29, 1.82) is 5.26 Å². The number of nitrogens with one attached hydrogen (secondary N) is 2. The summed E-state index contributed by atoms with van der Waals surface area (Å²) in [5.74, 6) is 0.158. The molecular formula is C16H16N4O3S. The number of carbonyl (C=O) groups is 1. The Balaban J connectivity index is 1.86. The molecule has 0 aliphatic heterocycles. The predicted molar refractivity (Wildman–Crippen MR) is 89.3 cm³/mol. The Bertz CT molecular complexity index is 871. The second-order valence-electron chi connectivity index (χ2n) is 4.99. The number of hydrogen-bond acceptors (Lipinski definition) is 6. The Kier molecular flexibility index (Phi) is 5.50. The molecule has 1 aromatic carbocycles. The monoisotopic (exact) mass is 344 g/mol. The Morgan fingerprint density at radius 3 is 2.54 bits per heavy atom. The Labute approximate surface area is 140 Å². The average molecular weight is 344 g/mol. The molecule has 0 aliphatic carbocycles. The van der Waals surface area contributed by atoms with E-state index in [9.17, 15) is 13.2 Å². The lowest BCUT2D eigenvalue weighted by Crippen LogP contribution is -2.29. The minimum Gasteiger partial charge on any atom is -0.367 e. The van der Waals surface area contributed by atoms with Crippen molar-refractivity contribution < 1.29 is 13.2 Å². The number of pyridine rings is 1. The van der Waals surface area contributed by atoms with Crippen LogP contribution in [0.1, 0.15) is 15.9 Å². The fourth-order valence-electron chi connectivity index (χ4n) is 1.95. The third-order valence-corrected chi connectivity index (χ3v) is 4.30. The SMILES string of the molecule is CS(=O)(=O)c1ccc(C(=O)NCCNc2ncccc2C#N)cc1. The highest BCUT2D eigenvalue weighted by atomic mass is 32.2. The van der Waals surface area contributed by atoms with Gasteiger partial charge in [-0.15, -0.1) is 0 Å². The highest BCUT2D eigenvalue weighted by Crippen LogP contribution is 2.10. The molecule has 124 valence electrons. The third-order valence-electron chi connectivity index (χ3n) is 3.18. The van der Waals surface area contributed by atoms with E-state index >= 15 is 0 Å². The smallest absolute Gasteiger partial charge is 0.251 e. The lowest BCUT2D eigenvalue weighted by atomic mass is 10.2. The van der Waals surface area contributed by atoms with Gasteiger partial charge in [0, 0.05) is 31.1 Å². The van der Waals surface area contributed by atoms with E-state index in [2.05, 4.69) is 15.6 Å². The van der Waals surface area contributed by atoms with E-state index in [-0.39, 0.29) is 10.8 Å². The Hall–Kier alpha value is -2.92. The van der Waals surface area contributed by atoms with Crippen molar-refractivity contribution in [3.63, 3.8) is 0 Å². The van der Waals surface area contributed by atoms with Gasteiger partial charge >= 0.3 is 0 Å². The number of nitriles is 1. The van der Waals surface area contributed by atoms with Crippen LogP contribution in [0.25, 0.3) is 0 Å². The van der Waals surface area contributed by atoms with Crippen molar-refractivity contribution in [2.75, 3.05) is 24.7 Å². The van der Waals surface area contributed by atoms with Crippen LogP contribution in [0.4, 0.5) is 5.82 Å². The van der Waals surface area contributed by atoms with Gasteiger partial charge in [-0.25, -0.2) is 13.4 Å². The van der Waals surface area contributed by atoms with Gasteiger partial charge in [0.15, 0.2) is 9.84 Å². The van der Waals surface area contributed by atoms with E-state index in [1.165, 1.54) is 24.3 Å². The van der Waals surface area contributed by atoms with Crippen LogP contribution in [0.5, 0.6) is 0 Å². The second-order valence-corrected chi connectivity index (χ2v) is 7.01. The maximum Gasteiger partial charge on any atom is 0.251 e. The van der Waals surface area contributed by atoms with Gasteiger partial charge in [-0.05, 0) is 36.4 Å². The number of hydrogen-bond donors (Lipinski definition) is 2. The van der Waals surface area contributed by atoms with Crippen molar-refractivity contribution in [1.82, 2.24) is 10.3 Å². The number of nitrogens with zero attached hydrogens (tertiary/aromatic N) is 2. The van der Waals surface area contributed by atoms with Crippen LogP contribution < -0.4 is 10.6 Å². The van der Waals surface area contributed by atoms with E-state index in [4.69, 9.17) is 5.26 Å². The van der Waals surface area contributed by atoms with E-state index in [0.29, 0.717) is 30.0 Å². The van der Waals surface area contributed by atoms with Crippen LogP contribution in [0.2, 0.25) is 0 Å². The molecule has 0 atom stereocenters. The molecule has 0 radical (unpaired) electrons. The number of rotatable bonds is 6. The largest absolute Gasteiger partial charge is 0.367 e. The lowest BCUT2D eigenvalue weighted by molar-refractivity contribution is 0.0955. The predicted octanol–water partition coefficient (Wildman–Crippen LogP) is 1.20. The quantitative estimate of drug-likeness (QED) is 0.762. The molecular weight excluding hydrogens is 328 g/mol. The molecule has 24 heavy (non-hydrogen) atoms. The molecule has 0 unspecified atom stereocenters. The minimum absolute atomic E-state index is 0.167. The first-order chi connectivity index (χ1) is 11.4. The summed E-state index contributed by atoms with van der Waals surface area (Å²) < 4.78 is 22.7. The summed E-state index contributed by atoms with van der Waals surface area (Å²) in [7, 11) is -3.28. The number of carbonyl (C=O) groups excluding carboxylic acids is 1. The van der Waals surface area contributed by atoms with Gasteiger partial charge < -0.3 is 10.6 Å². The number of sulfone groups is 1. The van der Waals surface area contributed by atoms with E-state index in [1.807, 2.05) is 6.07 Å². The minimum atomic E-state index is -3.28. The molecule has 0 saturated carbocycles. The molecule has 1 aromatic heterocycles. The number of aromatic nitrogens is 1. The number of anilines is 1. The first kappa shape index (κ1) is 17.4. The van der Waals surface area contributed by atoms with Crippen molar-refractivity contribution in [3.8, 4) is 6.07 Å². The zero-order chi connectivity index (χ0) is 17.6. The molecule has 2 N–H and O–H groups in total. The fraction of sp³-hybridized carbons (Fsp3) is 0.188. The van der Waals surface area contributed by atoms with Gasteiger partial charge in [-0.1, -0.05) is 0 Å². The van der Waals surface area contributed by atoms with E-state index in [0.717, 1.165) is 6.26 Å². The van der Waals surface area contributed by atoms with Gasteiger partial charge in [0.2, 0.25) is 0 Å². The zero-order valence-corrected chi connectivity index (χ0v) is 13.8. The van der Waals surface area contributed by atoms with Crippen LogP contribution in [-0.4, -0.2) is 38.7 Å². The molecule has 2 rings (SSSR count). The Morgan fingerprint density at radius 2 is 1.92 bits per heavy atom. The highest BCUT2D eigenvalue weighted by molar-refractivity contribution is 7.90. The zero-order valence-electron chi connectivity index (χ0n) is 13.0. The van der Waals surface area contributed by atoms with Crippen molar-refractivity contribution in [2.45, 2.75) is 4.90 Å². The summed E-state index contributed by atoms with van der Waals surface area (Å²) in [5.41, 5.74) is 0.804. The summed E-state index contributed by atoms with van der Waals surface area (Å²) >= 11 is 0. The summed E-state index contributed by atoms with van der Waals surface area (Å²) in [6, 6.07) is 11.1. The van der Waals surface area contributed by atoms with Crippen LogP contribution in [0, 0.1) is 11.3 Å². The maximum atomic E-state index is 12.0. The summed E-state index contributed by atoms with van der Waals surface area (Å²) in [6.45, 7) is 0.729. The highest BCUT2D eigenvalue weighted by Gasteiger charge is 2.09. The molecule has 0 saturated heterocycles. The maximum absolute atomic E-state index is 12.0. The average Bonchev–Trinajstić information content (AvgIpc) is 2.58. The van der Waals surface area contributed by atoms with Crippen molar-refractivity contribution in [2.24, 2.45) is 0 Å². The molecule has 0 fully saturated rings. The van der Waals surface area contributed by atoms with Crippen LogP contribution >= 0.6 is 0 Å². The molecule has 1 amide bonds. The van der Waals surface area contributed by atoms with Gasteiger partial charge in [-0.2, -0.15) is 5.26 Å². The van der Waals surface area contributed by atoms with Crippen LogP contribution in [-0.2, 0) is 9.84 Å². The van der Waals surface area contributed by atoms with Crippen LogP contribution in [0.3, 0.4) is 0 Å². The summed E-state index contributed by atoms with van der Waals surface area (Å²) in [6.07, 6.45) is 2.69. The van der Waals surface area contributed by atoms with Crippen LogP contribution in [0.15, 0.2) is 47.5 Å². The number of benzene rings is 1. The topological polar surface area (TPSA) is 112 Å². The third kappa shape index (κ3) is 4.54. The van der Waals surface area contributed by atoms with E-state index in [1.54, 1.807) is 18.3 Å². The number of amides is 1. The fourth-order valence-corrected chi connectivity index (χ4v) is 2.58. The first-order valence-corrected chi connectivity index (χ1v) is 8.98. The molecule has 7 nitrogen and oxygen atoms in total. The molecule has 8 heteroatoms. The van der Waals surface area contributed by atoms with Gasteiger partial charge in [-0.3, -0.25) is 4.79 Å². The summed E-state index contributed by atoms with van der Waals surface area (Å²) in [5, 5.41) is 14.6. The molecule has 0 spiro atoms. The van der Waals surface area contributed by atoms with E-state index < -0.39 is 9.84 Å².